The number of carbonyl (C=O) groups is 3. The maximum Gasteiger partial charge on any atom is 0.419 e. The van der Waals surface area contributed by atoms with Crippen molar-refractivity contribution in [1.82, 2.24) is 4.57 Å². The molecule has 0 saturated carbocycles. The van der Waals surface area contributed by atoms with Gasteiger partial charge < -0.3 is 20.3 Å². The van der Waals surface area contributed by atoms with E-state index in [-0.39, 0.29) is 25.4 Å². The van der Waals surface area contributed by atoms with E-state index in [2.05, 4.69) is 0 Å². The molecule has 2 aliphatic rings. The van der Waals surface area contributed by atoms with Gasteiger partial charge in [-0.3, -0.25) is 9.59 Å². The second-order valence-electron chi connectivity index (χ2n) is 11.9. The molecule has 2 aliphatic carbocycles. The molecule has 0 unspecified atom stereocenters. The Balaban J connectivity index is 1.36. The van der Waals surface area contributed by atoms with Crippen molar-refractivity contribution in [2.24, 2.45) is 11.1 Å². The number of ether oxygens (including phenoxy) is 2. The molecule has 0 radical (unpaired) electrons. The zero-order valence-electron chi connectivity index (χ0n) is 23.2. The van der Waals surface area contributed by atoms with E-state index in [0.717, 1.165) is 22.3 Å². The van der Waals surface area contributed by atoms with Crippen molar-refractivity contribution in [1.29, 1.82) is 0 Å². The molecule has 0 spiro atoms. The number of rotatable bonds is 4. The number of para-hydroxylation sites is 1. The normalized spacial score (nSPS) is 19.8. The molecule has 0 saturated heterocycles. The summed E-state index contributed by atoms with van der Waals surface area (Å²) in [5, 5.41) is 11.1. The Hall–Kier alpha value is -4.43. The molecule has 210 valence electrons. The fraction of sp³-hybridized carbons (Fsp3) is 0.303. The van der Waals surface area contributed by atoms with Gasteiger partial charge in [0.1, 0.15) is 12.2 Å². The van der Waals surface area contributed by atoms with Gasteiger partial charge >= 0.3 is 18.0 Å². The summed E-state index contributed by atoms with van der Waals surface area (Å²) in [5.41, 5.74) is 9.74. The van der Waals surface area contributed by atoms with Crippen LogP contribution in [0.15, 0.2) is 72.8 Å². The van der Waals surface area contributed by atoms with Crippen molar-refractivity contribution in [2.45, 2.75) is 51.2 Å². The van der Waals surface area contributed by atoms with Crippen molar-refractivity contribution in [3.8, 4) is 11.1 Å². The highest BCUT2D eigenvalue weighted by atomic mass is 16.6. The van der Waals surface area contributed by atoms with E-state index < -0.39 is 35.1 Å². The second-order valence-corrected chi connectivity index (χ2v) is 11.9. The number of carbonyl (C=O) groups excluding carboxylic acids is 2. The number of nitrogens with two attached hydrogens (primary N) is 1. The van der Waals surface area contributed by atoms with Crippen molar-refractivity contribution < 1.29 is 29.0 Å². The number of esters is 1. The molecular formula is C33H32N2O6. The number of nitrogens with zero attached hydrogens (tertiary/aromatic N) is 1. The van der Waals surface area contributed by atoms with Crippen LogP contribution in [-0.4, -0.2) is 39.9 Å². The average molecular weight is 553 g/mol. The molecule has 0 bridgehead atoms. The van der Waals surface area contributed by atoms with E-state index in [1.165, 1.54) is 4.57 Å². The lowest BCUT2D eigenvalue weighted by Gasteiger charge is -2.35. The zero-order valence-corrected chi connectivity index (χ0v) is 23.2. The highest BCUT2D eigenvalue weighted by Crippen LogP contribution is 2.47. The number of carboxylic acid groups (broad SMARTS) is 1. The largest absolute Gasteiger partial charge is 0.480 e. The number of hydrogen-bond acceptors (Lipinski definition) is 6. The lowest BCUT2D eigenvalue weighted by atomic mass is 9.71. The molecule has 0 amide bonds. The first-order chi connectivity index (χ1) is 19.5. The van der Waals surface area contributed by atoms with E-state index in [0.29, 0.717) is 22.2 Å². The standard InChI is InChI=1S/C33H32N2O6/c1-32(2,3)41-31(39)35-27-15-9-8-14-23(27)24-16-33(29(36)37,17-26(34)28(24)35)30(38)40-18-25-21-12-6-4-10-19(21)20-11-5-7-13-22(20)25/h4-15,25-26H,16-18,34H2,1-3H3,(H,36,37)/t26-,33+/m1/s1. The van der Waals surface area contributed by atoms with E-state index in [1.54, 1.807) is 45.0 Å². The fourth-order valence-corrected chi connectivity index (χ4v) is 6.39. The van der Waals surface area contributed by atoms with E-state index in [9.17, 15) is 19.5 Å². The third kappa shape index (κ3) is 4.30. The van der Waals surface area contributed by atoms with Gasteiger partial charge in [-0.1, -0.05) is 66.7 Å². The molecule has 0 fully saturated rings. The monoisotopic (exact) mass is 552 g/mol. The minimum absolute atomic E-state index is 0.00362. The summed E-state index contributed by atoms with van der Waals surface area (Å²) in [6, 6.07) is 22.2. The quantitative estimate of drug-likeness (QED) is 0.243. The molecule has 6 rings (SSSR count). The summed E-state index contributed by atoms with van der Waals surface area (Å²) in [6.45, 7) is 5.32. The predicted octanol–water partition coefficient (Wildman–Crippen LogP) is 5.80. The maximum absolute atomic E-state index is 13.8. The van der Waals surface area contributed by atoms with Crippen molar-refractivity contribution in [2.75, 3.05) is 6.61 Å². The van der Waals surface area contributed by atoms with Crippen LogP contribution >= 0.6 is 0 Å². The first-order valence-electron chi connectivity index (χ1n) is 13.7. The SMILES string of the molecule is CC(C)(C)OC(=O)n1c2c(c3ccccc31)C[C@](C(=O)O)(C(=O)OCC1c3ccccc3-c3ccccc31)C[C@H]2N. The fourth-order valence-electron chi connectivity index (χ4n) is 6.39. The van der Waals surface area contributed by atoms with Crippen LogP contribution in [0.4, 0.5) is 4.79 Å². The minimum atomic E-state index is -1.91. The van der Waals surface area contributed by atoms with Crippen LogP contribution in [0.3, 0.4) is 0 Å². The van der Waals surface area contributed by atoms with Gasteiger partial charge in [0.15, 0.2) is 5.41 Å². The highest BCUT2D eigenvalue weighted by Gasteiger charge is 2.54. The zero-order chi connectivity index (χ0) is 29.1. The molecule has 1 aromatic heterocycles. The number of fused-ring (bicyclic) bond motifs is 6. The smallest absolute Gasteiger partial charge is 0.419 e. The number of aliphatic carboxylic acids is 1. The maximum atomic E-state index is 13.8. The summed E-state index contributed by atoms with van der Waals surface area (Å²) in [4.78, 5) is 40.0. The van der Waals surface area contributed by atoms with Crippen molar-refractivity contribution >= 4 is 28.9 Å². The van der Waals surface area contributed by atoms with Crippen LogP contribution in [0, 0.1) is 5.41 Å². The molecular weight excluding hydrogens is 520 g/mol. The third-order valence-electron chi connectivity index (χ3n) is 8.14. The van der Waals surface area contributed by atoms with Crippen molar-refractivity contribution in [3.05, 3.63) is 95.2 Å². The van der Waals surface area contributed by atoms with Gasteiger partial charge in [0.25, 0.3) is 0 Å². The molecule has 1 heterocycles. The average Bonchev–Trinajstić information content (AvgIpc) is 3.44. The molecule has 4 aromatic rings. The van der Waals surface area contributed by atoms with Gasteiger partial charge in [-0.15, -0.1) is 0 Å². The summed E-state index contributed by atoms with van der Waals surface area (Å²) < 4.78 is 13.0. The molecule has 3 N–H and O–H groups in total. The van der Waals surface area contributed by atoms with Gasteiger partial charge in [0, 0.05) is 23.8 Å². The van der Waals surface area contributed by atoms with Crippen LogP contribution in [0.1, 0.15) is 61.5 Å². The summed E-state index contributed by atoms with van der Waals surface area (Å²) in [7, 11) is 0. The molecule has 8 nitrogen and oxygen atoms in total. The minimum Gasteiger partial charge on any atom is -0.480 e. The highest BCUT2D eigenvalue weighted by molar-refractivity contribution is 6.02. The Kier molecular flexibility index (Phi) is 6.26. The molecule has 41 heavy (non-hydrogen) atoms. The molecule has 8 heteroatoms. The number of carboxylic acids is 1. The Morgan fingerprint density at radius 1 is 0.951 bits per heavy atom. The van der Waals surface area contributed by atoms with Gasteiger partial charge in [0.05, 0.1) is 11.2 Å². The van der Waals surface area contributed by atoms with E-state index in [1.807, 2.05) is 48.5 Å². The van der Waals surface area contributed by atoms with Crippen LogP contribution in [0.5, 0.6) is 0 Å². The topological polar surface area (TPSA) is 121 Å². The lowest BCUT2D eigenvalue weighted by molar-refractivity contribution is -0.170. The van der Waals surface area contributed by atoms with Crippen LogP contribution in [-0.2, 0) is 25.5 Å². The number of aromatic nitrogens is 1. The predicted molar refractivity (Wildman–Crippen MR) is 154 cm³/mol. The summed E-state index contributed by atoms with van der Waals surface area (Å²) >= 11 is 0. The number of benzene rings is 3. The molecule has 0 aliphatic heterocycles. The van der Waals surface area contributed by atoms with E-state index in [4.69, 9.17) is 15.2 Å². The molecule has 2 atom stereocenters. The lowest BCUT2D eigenvalue weighted by Crippen LogP contribution is -2.48. The Morgan fingerprint density at radius 3 is 2.15 bits per heavy atom. The van der Waals surface area contributed by atoms with Gasteiger partial charge in [-0.05, 0) is 61.1 Å². The van der Waals surface area contributed by atoms with Crippen LogP contribution in [0.25, 0.3) is 22.0 Å². The summed E-state index contributed by atoms with van der Waals surface area (Å²) in [5.74, 6) is -2.34. The van der Waals surface area contributed by atoms with Crippen molar-refractivity contribution in [3.63, 3.8) is 0 Å². The Morgan fingerprint density at radius 2 is 1.54 bits per heavy atom. The number of hydrogen-bond donors (Lipinski definition) is 2. The Bertz CT molecular complexity index is 1670. The molecule has 3 aromatic carbocycles. The van der Waals surface area contributed by atoms with Gasteiger partial charge in [0.2, 0.25) is 0 Å². The van der Waals surface area contributed by atoms with Gasteiger partial charge in [-0.25, -0.2) is 9.36 Å². The van der Waals surface area contributed by atoms with Crippen LogP contribution in [0.2, 0.25) is 0 Å². The first-order valence-corrected chi connectivity index (χ1v) is 13.7. The van der Waals surface area contributed by atoms with Gasteiger partial charge in [-0.2, -0.15) is 0 Å². The first kappa shape index (κ1) is 26.8. The summed E-state index contributed by atoms with van der Waals surface area (Å²) in [6.07, 6.45) is -0.974. The second kappa shape index (κ2) is 9.59. The Labute approximate surface area is 237 Å². The van der Waals surface area contributed by atoms with E-state index >= 15 is 0 Å². The van der Waals surface area contributed by atoms with Crippen LogP contribution < -0.4 is 5.73 Å². The third-order valence-corrected chi connectivity index (χ3v) is 8.14.